The molecule has 1 saturated heterocycles. The van der Waals surface area contributed by atoms with Crippen LogP contribution in [0.3, 0.4) is 0 Å². The molecule has 0 N–H and O–H groups in total. The Hall–Kier alpha value is -2.60. The topological polar surface area (TPSA) is 63.7 Å². The highest BCUT2D eigenvalue weighted by molar-refractivity contribution is 7.91. The number of rotatable bonds is 7. The molecule has 1 aliphatic rings. The van der Waals surface area contributed by atoms with Crippen molar-refractivity contribution in [3.8, 4) is 5.75 Å². The molecule has 0 aromatic heterocycles. The van der Waals surface area contributed by atoms with Crippen molar-refractivity contribution in [2.24, 2.45) is 0 Å². The van der Waals surface area contributed by atoms with Gasteiger partial charge in [0.15, 0.2) is 15.6 Å². The molecule has 2 aromatic rings. The van der Waals surface area contributed by atoms with Gasteiger partial charge in [0, 0.05) is 25.2 Å². The Bertz CT molecular complexity index is 876. The Morgan fingerprint density at radius 2 is 1.67 bits per heavy atom. The van der Waals surface area contributed by atoms with Gasteiger partial charge in [-0.25, -0.2) is 8.42 Å². The quantitative estimate of drug-likeness (QED) is 0.686. The van der Waals surface area contributed by atoms with E-state index < -0.39 is 9.84 Å². The van der Waals surface area contributed by atoms with E-state index in [4.69, 9.17) is 4.74 Å². The molecule has 0 saturated carbocycles. The first kappa shape index (κ1) is 19.2. The van der Waals surface area contributed by atoms with Crippen LogP contribution in [0.25, 0.3) is 6.08 Å². The van der Waals surface area contributed by atoms with Crippen molar-refractivity contribution in [3.05, 3.63) is 66.2 Å². The van der Waals surface area contributed by atoms with Crippen LogP contribution in [0.2, 0.25) is 0 Å². The Balaban J connectivity index is 1.44. The molecule has 142 valence electrons. The fraction of sp³-hybridized carbons (Fsp3) is 0.286. The second-order valence-corrected chi connectivity index (χ2v) is 8.75. The van der Waals surface area contributed by atoms with E-state index in [1.54, 1.807) is 12.2 Å². The summed E-state index contributed by atoms with van der Waals surface area (Å²) in [6.07, 6.45) is 3.69. The van der Waals surface area contributed by atoms with Gasteiger partial charge in [0.05, 0.1) is 18.1 Å². The summed E-state index contributed by atoms with van der Waals surface area (Å²) in [6.45, 7) is 1.36. The van der Waals surface area contributed by atoms with Crippen LogP contribution in [0.5, 0.6) is 5.75 Å². The van der Waals surface area contributed by atoms with E-state index >= 15 is 0 Å². The minimum atomic E-state index is -2.88. The molecule has 0 bridgehead atoms. The van der Waals surface area contributed by atoms with Crippen molar-refractivity contribution in [2.45, 2.75) is 6.42 Å². The van der Waals surface area contributed by atoms with Gasteiger partial charge in [0.2, 0.25) is 0 Å². The zero-order valence-corrected chi connectivity index (χ0v) is 15.9. The third-order valence-electron chi connectivity index (χ3n) is 4.42. The zero-order chi connectivity index (χ0) is 19.1. The highest BCUT2D eigenvalue weighted by Crippen LogP contribution is 2.21. The zero-order valence-electron chi connectivity index (χ0n) is 15.1. The predicted octanol–water partition coefficient (Wildman–Crippen LogP) is 2.97. The van der Waals surface area contributed by atoms with Crippen LogP contribution in [0, 0.1) is 0 Å². The lowest BCUT2D eigenvalue weighted by atomic mass is 10.2. The third kappa shape index (κ3) is 5.96. The van der Waals surface area contributed by atoms with Crippen LogP contribution >= 0.6 is 0 Å². The lowest BCUT2D eigenvalue weighted by molar-refractivity contribution is -0.115. The van der Waals surface area contributed by atoms with Crippen LogP contribution in [0.1, 0.15) is 12.0 Å². The molecule has 6 heteroatoms. The van der Waals surface area contributed by atoms with Gasteiger partial charge in [0.25, 0.3) is 0 Å². The van der Waals surface area contributed by atoms with E-state index in [9.17, 15) is 13.2 Å². The van der Waals surface area contributed by atoms with Gasteiger partial charge in [-0.1, -0.05) is 36.4 Å². The standard InChI is InChI=1S/C21H23NO4S/c23-20(9-6-18-4-2-1-3-5-18)12-15-26-21-10-7-19(8-11-21)22-13-16-27(24,25)17-14-22/h1-11H,12-17H2/b9-6+. The minimum Gasteiger partial charge on any atom is -0.493 e. The summed E-state index contributed by atoms with van der Waals surface area (Å²) in [5, 5.41) is 0. The number of nitrogens with zero attached hydrogens (tertiary/aromatic N) is 1. The molecule has 0 spiro atoms. The number of hydrogen-bond acceptors (Lipinski definition) is 5. The number of ketones is 1. The molecule has 27 heavy (non-hydrogen) atoms. The summed E-state index contributed by atoms with van der Waals surface area (Å²) in [6, 6.07) is 17.2. The summed E-state index contributed by atoms with van der Waals surface area (Å²) >= 11 is 0. The van der Waals surface area contributed by atoms with E-state index in [1.165, 1.54) is 0 Å². The van der Waals surface area contributed by atoms with Crippen LogP contribution < -0.4 is 9.64 Å². The Labute approximate surface area is 160 Å². The monoisotopic (exact) mass is 385 g/mol. The van der Waals surface area contributed by atoms with Crippen molar-refractivity contribution in [3.63, 3.8) is 0 Å². The van der Waals surface area contributed by atoms with E-state index in [-0.39, 0.29) is 17.3 Å². The number of sulfone groups is 1. The number of carbonyl (C=O) groups is 1. The molecular formula is C21H23NO4S. The van der Waals surface area contributed by atoms with Gasteiger partial charge < -0.3 is 9.64 Å². The van der Waals surface area contributed by atoms with Crippen molar-refractivity contribution < 1.29 is 17.9 Å². The summed E-state index contributed by atoms with van der Waals surface area (Å²) in [5.41, 5.74) is 1.98. The summed E-state index contributed by atoms with van der Waals surface area (Å²) < 4.78 is 28.6. The van der Waals surface area contributed by atoms with Crippen LogP contribution in [0.15, 0.2) is 60.7 Å². The lowest BCUT2D eigenvalue weighted by Gasteiger charge is -2.28. The SMILES string of the molecule is O=C(/C=C/c1ccccc1)CCOc1ccc(N2CCS(=O)(=O)CC2)cc1. The first-order valence-corrected chi connectivity index (χ1v) is 10.8. The average Bonchev–Trinajstić information content (AvgIpc) is 2.68. The van der Waals surface area contributed by atoms with Crippen LogP contribution in [0.4, 0.5) is 5.69 Å². The average molecular weight is 385 g/mol. The number of hydrogen-bond donors (Lipinski definition) is 0. The molecular weight excluding hydrogens is 362 g/mol. The number of benzene rings is 2. The Morgan fingerprint density at radius 3 is 2.33 bits per heavy atom. The molecule has 0 atom stereocenters. The normalized spacial score (nSPS) is 16.4. The summed E-state index contributed by atoms with van der Waals surface area (Å²) in [7, 11) is -2.88. The number of carbonyl (C=O) groups excluding carboxylic acids is 1. The highest BCUT2D eigenvalue weighted by Gasteiger charge is 2.21. The first-order chi connectivity index (χ1) is 13.0. The van der Waals surface area contributed by atoms with Gasteiger partial charge >= 0.3 is 0 Å². The van der Waals surface area contributed by atoms with Gasteiger partial charge in [-0.3, -0.25) is 4.79 Å². The largest absolute Gasteiger partial charge is 0.493 e. The molecule has 3 rings (SSSR count). The molecule has 1 heterocycles. The van der Waals surface area contributed by atoms with Gasteiger partial charge in [0.1, 0.15) is 5.75 Å². The van der Waals surface area contributed by atoms with E-state index in [0.717, 1.165) is 11.3 Å². The predicted molar refractivity (Wildman–Crippen MR) is 108 cm³/mol. The Kier molecular flexibility index (Phi) is 6.29. The molecule has 0 aliphatic carbocycles. The molecule has 2 aromatic carbocycles. The molecule has 0 radical (unpaired) electrons. The lowest BCUT2D eigenvalue weighted by Crippen LogP contribution is -2.40. The Morgan fingerprint density at radius 1 is 1.00 bits per heavy atom. The van der Waals surface area contributed by atoms with Gasteiger partial charge in [-0.15, -0.1) is 0 Å². The van der Waals surface area contributed by atoms with Crippen molar-refractivity contribution in [2.75, 3.05) is 36.1 Å². The number of ether oxygens (including phenoxy) is 1. The highest BCUT2D eigenvalue weighted by atomic mass is 32.2. The fourth-order valence-corrected chi connectivity index (χ4v) is 4.03. The third-order valence-corrected chi connectivity index (χ3v) is 6.03. The van der Waals surface area contributed by atoms with Crippen molar-refractivity contribution in [1.29, 1.82) is 0 Å². The minimum absolute atomic E-state index is 0.0185. The van der Waals surface area contributed by atoms with Crippen LogP contribution in [-0.4, -0.2) is 45.4 Å². The van der Waals surface area contributed by atoms with Crippen LogP contribution in [-0.2, 0) is 14.6 Å². The maximum Gasteiger partial charge on any atom is 0.159 e. The fourth-order valence-electron chi connectivity index (χ4n) is 2.83. The van der Waals surface area contributed by atoms with E-state index in [2.05, 4.69) is 4.90 Å². The maximum atomic E-state index is 11.9. The van der Waals surface area contributed by atoms with Gasteiger partial charge in [-0.2, -0.15) is 0 Å². The van der Waals surface area contributed by atoms with E-state index in [1.807, 2.05) is 54.6 Å². The van der Waals surface area contributed by atoms with Crippen molar-refractivity contribution >= 4 is 27.4 Å². The van der Waals surface area contributed by atoms with Crippen molar-refractivity contribution in [1.82, 2.24) is 0 Å². The second kappa shape index (κ2) is 8.86. The molecule has 1 aliphatic heterocycles. The molecule has 0 unspecified atom stereocenters. The first-order valence-electron chi connectivity index (χ1n) is 8.96. The summed E-state index contributed by atoms with van der Waals surface area (Å²) in [5.74, 6) is 1.11. The number of anilines is 1. The van der Waals surface area contributed by atoms with E-state index in [0.29, 0.717) is 31.9 Å². The molecule has 1 fully saturated rings. The smallest absolute Gasteiger partial charge is 0.159 e. The summed E-state index contributed by atoms with van der Waals surface area (Å²) in [4.78, 5) is 14.0. The maximum absolute atomic E-state index is 11.9. The molecule has 0 amide bonds. The molecule has 5 nitrogen and oxygen atoms in total. The van der Waals surface area contributed by atoms with Gasteiger partial charge in [-0.05, 0) is 35.9 Å². The second-order valence-electron chi connectivity index (χ2n) is 6.44. The number of allylic oxidation sites excluding steroid dienone is 1.